The van der Waals surface area contributed by atoms with Crippen LogP contribution in [0.1, 0.15) is 11.4 Å². The SMILES string of the molecule is CN(Cc1cnn(-c2ccccc2)c1)c1ccc2nnc(C(F)(F)F)n2n1. The van der Waals surface area contributed by atoms with Crippen molar-refractivity contribution in [2.75, 3.05) is 11.9 Å². The zero-order chi connectivity index (χ0) is 19.0. The maximum atomic E-state index is 13.0. The topological polar surface area (TPSA) is 64.1 Å². The van der Waals surface area contributed by atoms with E-state index >= 15 is 0 Å². The summed E-state index contributed by atoms with van der Waals surface area (Å²) in [6.45, 7) is 0.425. The summed E-state index contributed by atoms with van der Waals surface area (Å²) in [5.74, 6) is -0.787. The summed E-state index contributed by atoms with van der Waals surface area (Å²) in [4.78, 5) is 1.73. The van der Waals surface area contributed by atoms with Crippen LogP contribution >= 0.6 is 0 Å². The lowest BCUT2D eigenvalue weighted by Gasteiger charge is -2.17. The zero-order valence-electron chi connectivity index (χ0n) is 14.2. The van der Waals surface area contributed by atoms with Crippen LogP contribution < -0.4 is 4.90 Å². The number of rotatable bonds is 4. The first kappa shape index (κ1) is 17.0. The Labute approximate surface area is 151 Å². The molecule has 0 aliphatic heterocycles. The van der Waals surface area contributed by atoms with Crippen LogP contribution in [0.2, 0.25) is 0 Å². The van der Waals surface area contributed by atoms with Gasteiger partial charge in [0.1, 0.15) is 5.82 Å². The van der Waals surface area contributed by atoms with Gasteiger partial charge in [-0.05, 0) is 24.3 Å². The summed E-state index contributed by atoms with van der Waals surface area (Å²) in [5, 5.41) is 15.0. The first-order valence-electron chi connectivity index (χ1n) is 8.01. The molecule has 0 radical (unpaired) electrons. The lowest BCUT2D eigenvalue weighted by atomic mass is 10.3. The van der Waals surface area contributed by atoms with Gasteiger partial charge in [-0.1, -0.05) is 18.2 Å². The monoisotopic (exact) mass is 373 g/mol. The fraction of sp³-hybridized carbons (Fsp3) is 0.176. The Morgan fingerprint density at radius 3 is 2.56 bits per heavy atom. The number of benzene rings is 1. The van der Waals surface area contributed by atoms with E-state index in [1.54, 1.807) is 28.9 Å². The normalized spacial score (nSPS) is 11.9. The second kappa shape index (κ2) is 6.38. The smallest absolute Gasteiger partial charge is 0.354 e. The molecule has 138 valence electrons. The highest BCUT2D eigenvalue weighted by atomic mass is 19.4. The van der Waals surface area contributed by atoms with E-state index < -0.39 is 12.0 Å². The molecule has 0 N–H and O–H groups in total. The Kier molecular flexibility index (Phi) is 4.02. The van der Waals surface area contributed by atoms with Crippen molar-refractivity contribution in [2.45, 2.75) is 12.7 Å². The van der Waals surface area contributed by atoms with Crippen LogP contribution in [0.4, 0.5) is 19.0 Å². The molecule has 27 heavy (non-hydrogen) atoms. The summed E-state index contributed by atoms with van der Waals surface area (Å²) in [5.41, 5.74) is 1.85. The van der Waals surface area contributed by atoms with Gasteiger partial charge in [-0.3, -0.25) is 0 Å². The minimum atomic E-state index is -4.62. The summed E-state index contributed by atoms with van der Waals surface area (Å²) in [6.07, 6.45) is -1.05. The van der Waals surface area contributed by atoms with E-state index in [-0.39, 0.29) is 5.65 Å². The van der Waals surface area contributed by atoms with Crippen molar-refractivity contribution < 1.29 is 13.2 Å². The van der Waals surface area contributed by atoms with Crippen molar-refractivity contribution >= 4 is 11.5 Å². The minimum absolute atomic E-state index is 0.0383. The molecule has 0 saturated carbocycles. The van der Waals surface area contributed by atoms with Crippen LogP contribution in [-0.4, -0.2) is 36.6 Å². The Hall–Kier alpha value is -3.43. The highest BCUT2D eigenvalue weighted by Gasteiger charge is 2.37. The molecule has 10 heteroatoms. The number of halogens is 3. The predicted octanol–water partition coefficient (Wildman–Crippen LogP) is 2.97. The number of hydrogen-bond acceptors (Lipinski definition) is 5. The van der Waals surface area contributed by atoms with E-state index in [9.17, 15) is 13.2 Å². The Morgan fingerprint density at radius 2 is 1.81 bits per heavy atom. The van der Waals surface area contributed by atoms with Gasteiger partial charge in [0.05, 0.1) is 11.9 Å². The van der Waals surface area contributed by atoms with E-state index in [1.165, 1.54) is 6.07 Å². The van der Waals surface area contributed by atoms with Crippen molar-refractivity contribution in [2.24, 2.45) is 0 Å². The van der Waals surface area contributed by atoms with Gasteiger partial charge in [0.25, 0.3) is 5.82 Å². The molecular weight excluding hydrogens is 359 g/mol. The third kappa shape index (κ3) is 3.33. The Balaban J connectivity index is 1.58. The van der Waals surface area contributed by atoms with E-state index in [1.807, 2.05) is 36.5 Å². The first-order valence-corrected chi connectivity index (χ1v) is 8.01. The summed E-state index contributed by atoms with van der Waals surface area (Å²) in [6, 6.07) is 12.7. The van der Waals surface area contributed by atoms with E-state index in [0.717, 1.165) is 11.3 Å². The maximum absolute atomic E-state index is 13.0. The van der Waals surface area contributed by atoms with E-state index in [4.69, 9.17) is 0 Å². The molecule has 0 amide bonds. The summed E-state index contributed by atoms with van der Waals surface area (Å²) < 4.78 is 41.5. The lowest BCUT2D eigenvalue weighted by molar-refractivity contribution is -0.146. The van der Waals surface area contributed by atoms with Crippen molar-refractivity contribution in [3.8, 4) is 5.69 Å². The van der Waals surface area contributed by atoms with Crippen LogP contribution in [0.25, 0.3) is 11.3 Å². The average molecular weight is 373 g/mol. The van der Waals surface area contributed by atoms with Crippen LogP contribution in [0, 0.1) is 0 Å². The molecule has 0 spiro atoms. The lowest BCUT2D eigenvalue weighted by Crippen LogP contribution is -2.20. The number of nitrogens with zero attached hydrogens (tertiary/aromatic N) is 7. The standard InChI is InChI=1S/C17H14F3N7/c1-25(10-12-9-21-26(11-12)13-5-3-2-4-6-13)15-8-7-14-22-23-16(17(18,19)20)27(14)24-15/h2-9,11H,10H2,1H3. The molecule has 0 aliphatic rings. The van der Waals surface area contributed by atoms with Crippen molar-refractivity contribution in [3.05, 3.63) is 66.2 Å². The van der Waals surface area contributed by atoms with Crippen molar-refractivity contribution in [3.63, 3.8) is 0 Å². The molecule has 0 saturated heterocycles. The molecule has 3 aromatic heterocycles. The summed E-state index contributed by atoms with van der Waals surface area (Å²) in [7, 11) is 1.74. The highest BCUT2D eigenvalue weighted by Crippen LogP contribution is 2.28. The molecule has 4 rings (SSSR count). The van der Waals surface area contributed by atoms with Crippen LogP contribution in [0.3, 0.4) is 0 Å². The third-order valence-corrected chi connectivity index (χ3v) is 3.97. The second-order valence-electron chi connectivity index (χ2n) is 5.97. The number of aromatic nitrogens is 6. The minimum Gasteiger partial charge on any atom is -0.354 e. The van der Waals surface area contributed by atoms with Crippen LogP contribution in [0.5, 0.6) is 0 Å². The van der Waals surface area contributed by atoms with Gasteiger partial charge in [0, 0.05) is 25.4 Å². The first-order chi connectivity index (χ1) is 12.9. The highest BCUT2D eigenvalue weighted by molar-refractivity contribution is 5.46. The van der Waals surface area contributed by atoms with Gasteiger partial charge in [-0.15, -0.1) is 15.3 Å². The number of alkyl halides is 3. The molecule has 0 fully saturated rings. The second-order valence-corrected chi connectivity index (χ2v) is 5.97. The molecule has 0 aliphatic carbocycles. The van der Waals surface area contributed by atoms with Gasteiger partial charge in [0.15, 0.2) is 5.65 Å². The van der Waals surface area contributed by atoms with Gasteiger partial charge >= 0.3 is 6.18 Å². The molecular formula is C17H14F3N7. The summed E-state index contributed by atoms with van der Waals surface area (Å²) >= 11 is 0. The quantitative estimate of drug-likeness (QED) is 0.550. The average Bonchev–Trinajstić information content (AvgIpc) is 3.28. The largest absolute Gasteiger partial charge is 0.453 e. The molecule has 4 aromatic rings. The van der Waals surface area contributed by atoms with Crippen LogP contribution in [0.15, 0.2) is 54.9 Å². The predicted molar refractivity (Wildman–Crippen MR) is 91.5 cm³/mol. The fourth-order valence-electron chi connectivity index (χ4n) is 2.68. The van der Waals surface area contributed by atoms with Crippen molar-refractivity contribution in [1.29, 1.82) is 0 Å². The fourth-order valence-corrected chi connectivity index (χ4v) is 2.68. The molecule has 0 atom stereocenters. The molecule has 7 nitrogen and oxygen atoms in total. The molecule has 0 bridgehead atoms. The maximum Gasteiger partial charge on any atom is 0.453 e. The molecule has 1 aromatic carbocycles. The van der Waals surface area contributed by atoms with E-state index in [0.29, 0.717) is 16.9 Å². The van der Waals surface area contributed by atoms with Gasteiger partial charge in [-0.25, -0.2) is 4.68 Å². The van der Waals surface area contributed by atoms with Gasteiger partial charge in [-0.2, -0.15) is 22.8 Å². The third-order valence-electron chi connectivity index (χ3n) is 3.97. The van der Waals surface area contributed by atoms with E-state index in [2.05, 4.69) is 20.4 Å². The van der Waals surface area contributed by atoms with Gasteiger partial charge < -0.3 is 4.90 Å². The van der Waals surface area contributed by atoms with Crippen molar-refractivity contribution in [1.82, 2.24) is 29.6 Å². The van der Waals surface area contributed by atoms with Gasteiger partial charge in [0.2, 0.25) is 0 Å². The Bertz CT molecular complexity index is 1070. The Morgan fingerprint density at radius 1 is 1.04 bits per heavy atom. The number of fused-ring (bicyclic) bond motifs is 1. The molecule has 3 heterocycles. The molecule has 0 unspecified atom stereocenters. The number of hydrogen-bond donors (Lipinski definition) is 0. The number of anilines is 1. The zero-order valence-corrected chi connectivity index (χ0v) is 14.2. The van der Waals surface area contributed by atoms with Crippen LogP contribution in [-0.2, 0) is 12.7 Å². The number of para-hydroxylation sites is 1.